The van der Waals surface area contributed by atoms with E-state index in [1.54, 1.807) is 24.2 Å². The second-order valence-electron chi connectivity index (χ2n) is 3.29. The van der Waals surface area contributed by atoms with Crippen LogP contribution in [-0.2, 0) is 12.8 Å². The molecular weight excluding hydrogens is 222 g/mol. The highest BCUT2D eigenvalue weighted by Gasteiger charge is 2.02. The average molecular weight is 235 g/mol. The molecule has 0 aliphatic rings. The van der Waals surface area contributed by atoms with E-state index in [1.165, 1.54) is 0 Å². The van der Waals surface area contributed by atoms with Crippen LogP contribution in [0.5, 0.6) is 0 Å². The van der Waals surface area contributed by atoms with E-state index >= 15 is 0 Å². The first-order valence-corrected chi connectivity index (χ1v) is 5.80. The SMILES string of the molecule is Cn1ccnc1SCc1cc(NN)ccn1. The lowest BCUT2D eigenvalue weighted by Gasteiger charge is -2.03. The third-order valence-electron chi connectivity index (χ3n) is 2.11. The fraction of sp³-hybridized carbons (Fsp3) is 0.200. The van der Waals surface area contributed by atoms with E-state index in [1.807, 2.05) is 29.9 Å². The molecule has 16 heavy (non-hydrogen) atoms. The van der Waals surface area contributed by atoms with Crippen molar-refractivity contribution in [2.45, 2.75) is 10.9 Å². The largest absolute Gasteiger partial charge is 0.329 e. The van der Waals surface area contributed by atoms with Gasteiger partial charge in [0, 0.05) is 31.4 Å². The molecule has 0 fully saturated rings. The molecule has 0 amide bonds. The number of aromatic nitrogens is 3. The third kappa shape index (κ3) is 2.53. The zero-order chi connectivity index (χ0) is 11.4. The molecule has 5 nitrogen and oxygen atoms in total. The number of imidazole rings is 1. The Bertz CT molecular complexity index is 468. The third-order valence-corrected chi connectivity index (χ3v) is 3.20. The number of hydrogen-bond acceptors (Lipinski definition) is 5. The normalized spacial score (nSPS) is 10.4. The number of pyridine rings is 1. The molecule has 0 saturated heterocycles. The fourth-order valence-corrected chi connectivity index (χ4v) is 2.11. The predicted octanol–water partition coefficient (Wildman–Crippen LogP) is 1.39. The molecule has 0 radical (unpaired) electrons. The summed E-state index contributed by atoms with van der Waals surface area (Å²) >= 11 is 1.65. The summed E-state index contributed by atoms with van der Waals surface area (Å²) in [4.78, 5) is 8.49. The maximum Gasteiger partial charge on any atom is 0.168 e. The number of nitrogens with one attached hydrogen (secondary N) is 1. The molecule has 2 aromatic heterocycles. The van der Waals surface area contributed by atoms with Gasteiger partial charge in [0.2, 0.25) is 0 Å². The number of aryl methyl sites for hydroxylation is 1. The summed E-state index contributed by atoms with van der Waals surface area (Å²) < 4.78 is 1.98. The Balaban J connectivity index is 2.02. The Morgan fingerprint density at radius 3 is 3.00 bits per heavy atom. The van der Waals surface area contributed by atoms with E-state index in [4.69, 9.17) is 5.84 Å². The average Bonchev–Trinajstić information content (AvgIpc) is 2.72. The van der Waals surface area contributed by atoms with Crippen LogP contribution in [0.15, 0.2) is 35.9 Å². The maximum atomic E-state index is 5.33. The van der Waals surface area contributed by atoms with E-state index < -0.39 is 0 Å². The number of nitrogen functional groups attached to an aromatic ring is 1. The monoisotopic (exact) mass is 235 g/mol. The van der Waals surface area contributed by atoms with Crippen molar-refractivity contribution in [2.75, 3.05) is 5.43 Å². The zero-order valence-corrected chi connectivity index (χ0v) is 9.74. The lowest BCUT2D eigenvalue weighted by atomic mass is 10.3. The minimum absolute atomic E-state index is 0.778. The van der Waals surface area contributed by atoms with Crippen LogP contribution in [0, 0.1) is 0 Å². The molecule has 0 bridgehead atoms. The number of nitrogens with two attached hydrogens (primary N) is 1. The molecule has 0 saturated carbocycles. The van der Waals surface area contributed by atoms with E-state index in [9.17, 15) is 0 Å². The lowest BCUT2D eigenvalue weighted by Crippen LogP contribution is -2.07. The summed E-state index contributed by atoms with van der Waals surface area (Å²) in [6.07, 6.45) is 5.45. The Labute approximate surface area is 98.1 Å². The van der Waals surface area contributed by atoms with Gasteiger partial charge in [-0.05, 0) is 12.1 Å². The molecular formula is C10H13N5S. The topological polar surface area (TPSA) is 68.8 Å². The van der Waals surface area contributed by atoms with Crippen molar-refractivity contribution in [3.05, 3.63) is 36.4 Å². The Morgan fingerprint density at radius 1 is 1.44 bits per heavy atom. The molecule has 2 rings (SSSR count). The Morgan fingerprint density at radius 2 is 2.31 bits per heavy atom. The quantitative estimate of drug-likeness (QED) is 0.476. The highest BCUT2D eigenvalue weighted by atomic mass is 32.2. The molecule has 0 aliphatic carbocycles. The van der Waals surface area contributed by atoms with Gasteiger partial charge < -0.3 is 9.99 Å². The number of hydrogen-bond donors (Lipinski definition) is 2. The van der Waals surface area contributed by atoms with E-state index in [0.717, 1.165) is 22.3 Å². The molecule has 0 aromatic carbocycles. The van der Waals surface area contributed by atoms with E-state index in [-0.39, 0.29) is 0 Å². The van der Waals surface area contributed by atoms with Crippen LogP contribution in [0.25, 0.3) is 0 Å². The smallest absolute Gasteiger partial charge is 0.168 e. The van der Waals surface area contributed by atoms with Gasteiger partial charge in [-0.1, -0.05) is 11.8 Å². The van der Waals surface area contributed by atoms with Crippen molar-refractivity contribution in [1.82, 2.24) is 14.5 Å². The van der Waals surface area contributed by atoms with Crippen molar-refractivity contribution in [1.29, 1.82) is 0 Å². The summed E-state index contributed by atoms with van der Waals surface area (Å²) in [5, 5.41) is 0.980. The standard InChI is InChI=1S/C10H13N5S/c1-15-5-4-13-10(15)16-7-9-6-8(14-11)2-3-12-9/h2-6H,7,11H2,1H3,(H,12,14). The zero-order valence-electron chi connectivity index (χ0n) is 8.92. The van der Waals surface area contributed by atoms with Crippen molar-refractivity contribution in [2.24, 2.45) is 12.9 Å². The number of thioether (sulfide) groups is 1. The second kappa shape index (κ2) is 5.00. The van der Waals surface area contributed by atoms with Gasteiger partial charge in [-0.3, -0.25) is 10.8 Å². The summed E-state index contributed by atoms with van der Waals surface area (Å²) in [6.45, 7) is 0. The van der Waals surface area contributed by atoms with Gasteiger partial charge in [-0.25, -0.2) is 4.98 Å². The van der Waals surface area contributed by atoms with E-state index in [0.29, 0.717) is 0 Å². The van der Waals surface area contributed by atoms with Crippen LogP contribution in [0.2, 0.25) is 0 Å². The van der Waals surface area contributed by atoms with Crippen LogP contribution < -0.4 is 11.3 Å². The number of rotatable bonds is 4. The summed E-state index contributed by atoms with van der Waals surface area (Å²) in [6, 6.07) is 3.75. The molecule has 0 unspecified atom stereocenters. The molecule has 2 heterocycles. The molecule has 3 N–H and O–H groups in total. The molecule has 84 valence electrons. The van der Waals surface area contributed by atoms with Gasteiger partial charge in [0.05, 0.1) is 11.4 Å². The lowest BCUT2D eigenvalue weighted by molar-refractivity contribution is 0.789. The second-order valence-corrected chi connectivity index (χ2v) is 4.23. The van der Waals surface area contributed by atoms with Gasteiger partial charge in [0.1, 0.15) is 0 Å². The van der Waals surface area contributed by atoms with Crippen LogP contribution in [0.4, 0.5) is 5.69 Å². The minimum atomic E-state index is 0.778. The van der Waals surface area contributed by atoms with Gasteiger partial charge in [-0.15, -0.1) is 0 Å². The minimum Gasteiger partial charge on any atom is -0.329 e. The molecule has 2 aromatic rings. The highest BCUT2D eigenvalue weighted by molar-refractivity contribution is 7.98. The van der Waals surface area contributed by atoms with Crippen molar-refractivity contribution in [3.8, 4) is 0 Å². The van der Waals surface area contributed by atoms with Crippen LogP contribution in [0.1, 0.15) is 5.69 Å². The van der Waals surface area contributed by atoms with Crippen molar-refractivity contribution < 1.29 is 0 Å². The van der Waals surface area contributed by atoms with Gasteiger partial charge in [0.25, 0.3) is 0 Å². The first-order chi connectivity index (χ1) is 7.79. The molecule has 0 aliphatic heterocycles. The van der Waals surface area contributed by atoms with Gasteiger partial charge in [-0.2, -0.15) is 0 Å². The van der Waals surface area contributed by atoms with Crippen LogP contribution >= 0.6 is 11.8 Å². The number of hydrazine groups is 1. The molecule has 0 spiro atoms. The van der Waals surface area contributed by atoms with Gasteiger partial charge in [0.15, 0.2) is 5.16 Å². The number of anilines is 1. The predicted molar refractivity (Wildman–Crippen MR) is 64.8 cm³/mol. The maximum absolute atomic E-state index is 5.33. The summed E-state index contributed by atoms with van der Waals surface area (Å²) in [5.41, 5.74) is 4.44. The number of nitrogens with zero attached hydrogens (tertiary/aromatic N) is 3. The van der Waals surface area contributed by atoms with Gasteiger partial charge >= 0.3 is 0 Å². The fourth-order valence-electron chi connectivity index (χ4n) is 1.28. The Kier molecular flexibility index (Phi) is 3.43. The highest BCUT2D eigenvalue weighted by Crippen LogP contribution is 2.20. The van der Waals surface area contributed by atoms with Crippen molar-refractivity contribution in [3.63, 3.8) is 0 Å². The summed E-state index contributed by atoms with van der Waals surface area (Å²) in [5.74, 6) is 6.11. The van der Waals surface area contributed by atoms with Crippen LogP contribution in [0.3, 0.4) is 0 Å². The first kappa shape index (κ1) is 11.0. The molecule has 6 heteroatoms. The Hall–Kier alpha value is -1.53. The summed E-state index contributed by atoms with van der Waals surface area (Å²) in [7, 11) is 1.97. The first-order valence-electron chi connectivity index (χ1n) is 4.81. The molecule has 0 atom stereocenters. The van der Waals surface area contributed by atoms with Crippen LogP contribution in [-0.4, -0.2) is 14.5 Å². The van der Waals surface area contributed by atoms with Crippen molar-refractivity contribution >= 4 is 17.4 Å². The van der Waals surface area contributed by atoms with E-state index in [2.05, 4.69) is 15.4 Å².